The molecule has 0 aliphatic heterocycles. The van der Waals surface area contributed by atoms with Crippen LogP contribution in [0, 0.1) is 5.92 Å². The van der Waals surface area contributed by atoms with Gasteiger partial charge in [0.15, 0.2) is 6.10 Å². The maximum Gasteiger partial charge on any atom is 0.419 e. The number of aliphatic hydroxyl groups excluding tert-OH is 1. The highest BCUT2D eigenvalue weighted by Crippen LogP contribution is 2.36. The van der Waals surface area contributed by atoms with Gasteiger partial charge in [-0.3, -0.25) is 4.79 Å². The van der Waals surface area contributed by atoms with Gasteiger partial charge in [0.05, 0.1) is 5.56 Å². The highest BCUT2D eigenvalue weighted by atomic mass is 19.4. The number of alkyl halides is 3. The Morgan fingerprint density at radius 2 is 1.95 bits per heavy atom. The molecule has 1 rings (SSSR count). The lowest BCUT2D eigenvalue weighted by Crippen LogP contribution is -2.38. The highest BCUT2D eigenvalue weighted by molar-refractivity contribution is 5.80. The second-order valence-corrected chi connectivity index (χ2v) is 5.12. The van der Waals surface area contributed by atoms with Crippen LogP contribution in [0.15, 0.2) is 24.3 Å². The summed E-state index contributed by atoms with van der Waals surface area (Å²) in [5, 5.41) is 11.4. The minimum Gasteiger partial charge on any atom is -0.480 e. The number of carbonyl (C=O) groups is 1. The first-order chi connectivity index (χ1) is 10.3. The van der Waals surface area contributed by atoms with E-state index in [0.717, 1.165) is 6.07 Å². The van der Waals surface area contributed by atoms with E-state index < -0.39 is 23.8 Å². The van der Waals surface area contributed by atoms with E-state index in [9.17, 15) is 18.0 Å². The Bertz CT molecular complexity index is 491. The van der Waals surface area contributed by atoms with Crippen molar-refractivity contribution in [1.82, 2.24) is 5.32 Å². The summed E-state index contributed by atoms with van der Waals surface area (Å²) in [5.74, 6) is -0.800. The van der Waals surface area contributed by atoms with Crippen molar-refractivity contribution >= 4 is 5.91 Å². The van der Waals surface area contributed by atoms with Gasteiger partial charge in [-0.15, -0.1) is 0 Å². The third-order valence-electron chi connectivity index (χ3n) is 3.11. The average molecular weight is 319 g/mol. The summed E-state index contributed by atoms with van der Waals surface area (Å²) in [6.07, 6.45) is -5.06. The highest BCUT2D eigenvalue weighted by Gasteiger charge is 2.34. The van der Waals surface area contributed by atoms with Crippen LogP contribution in [0.5, 0.6) is 5.75 Å². The van der Waals surface area contributed by atoms with E-state index in [4.69, 9.17) is 9.84 Å². The molecule has 0 saturated carbocycles. The number of halogens is 3. The van der Waals surface area contributed by atoms with Crippen LogP contribution in [0.1, 0.15) is 25.8 Å². The SMILES string of the molecule is CC(CCO)CNC(=O)C(C)Oc1ccccc1C(F)(F)F. The van der Waals surface area contributed by atoms with Crippen molar-refractivity contribution in [2.24, 2.45) is 5.92 Å². The minimum atomic E-state index is -4.54. The lowest BCUT2D eigenvalue weighted by molar-refractivity contribution is -0.140. The molecule has 4 nitrogen and oxygen atoms in total. The molecule has 0 bridgehead atoms. The van der Waals surface area contributed by atoms with Crippen LogP contribution >= 0.6 is 0 Å². The largest absolute Gasteiger partial charge is 0.480 e. The number of hydrogen-bond donors (Lipinski definition) is 2. The molecule has 0 aliphatic rings. The molecule has 1 aromatic carbocycles. The van der Waals surface area contributed by atoms with Gasteiger partial charge in [-0.2, -0.15) is 13.2 Å². The van der Waals surface area contributed by atoms with Crippen molar-refractivity contribution in [3.05, 3.63) is 29.8 Å². The molecule has 124 valence electrons. The van der Waals surface area contributed by atoms with Gasteiger partial charge in [0.1, 0.15) is 5.75 Å². The predicted molar refractivity (Wildman–Crippen MR) is 75.4 cm³/mol. The molecule has 22 heavy (non-hydrogen) atoms. The lowest BCUT2D eigenvalue weighted by Gasteiger charge is -2.19. The molecule has 7 heteroatoms. The Labute approximate surface area is 127 Å². The standard InChI is InChI=1S/C15H20F3NO3/c1-10(7-8-20)9-19-14(21)11(2)22-13-6-4-3-5-12(13)15(16,17)18/h3-6,10-11,20H,7-9H2,1-2H3,(H,19,21). The average Bonchev–Trinajstić information content (AvgIpc) is 2.44. The Hall–Kier alpha value is -1.76. The fourth-order valence-corrected chi connectivity index (χ4v) is 1.79. The van der Waals surface area contributed by atoms with E-state index in [2.05, 4.69) is 5.32 Å². The monoisotopic (exact) mass is 319 g/mol. The number of para-hydroxylation sites is 1. The predicted octanol–water partition coefficient (Wildman–Crippen LogP) is 2.61. The van der Waals surface area contributed by atoms with Crippen molar-refractivity contribution < 1.29 is 27.8 Å². The van der Waals surface area contributed by atoms with Crippen molar-refractivity contribution in [2.45, 2.75) is 32.5 Å². The Kier molecular flexibility index (Phi) is 6.67. The zero-order chi connectivity index (χ0) is 16.8. The molecule has 1 aromatic rings. The van der Waals surface area contributed by atoms with Gasteiger partial charge in [-0.1, -0.05) is 19.1 Å². The molecule has 0 fully saturated rings. The Morgan fingerprint density at radius 3 is 2.55 bits per heavy atom. The molecule has 2 unspecified atom stereocenters. The summed E-state index contributed by atoms with van der Waals surface area (Å²) in [6, 6.07) is 4.76. The number of amides is 1. The van der Waals surface area contributed by atoms with Gasteiger partial charge in [0, 0.05) is 13.2 Å². The number of nitrogens with one attached hydrogen (secondary N) is 1. The number of carbonyl (C=O) groups excluding carboxylic acids is 1. The number of ether oxygens (including phenoxy) is 1. The molecule has 0 heterocycles. The van der Waals surface area contributed by atoms with Gasteiger partial charge in [0.2, 0.25) is 0 Å². The molecular weight excluding hydrogens is 299 g/mol. The first-order valence-corrected chi connectivity index (χ1v) is 6.97. The quantitative estimate of drug-likeness (QED) is 0.812. The third kappa shape index (κ3) is 5.55. The first-order valence-electron chi connectivity index (χ1n) is 6.97. The molecular formula is C15H20F3NO3. The first kappa shape index (κ1) is 18.3. The summed E-state index contributed by atoms with van der Waals surface area (Å²) < 4.78 is 43.6. The minimum absolute atomic E-state index is 0.0159. The second kappa shape index (κ2) is 8.03. The van der Waals surface area contributed by atoms with E-state index in [-0.39, 0.29) is 18.3 Å². The van der Waals surface area contributed by atoms with E-state index in [1.165, 1.54) is 25.1 Å². The van der Waals surface area contributed by atoms with E-state index in [0.29, 0.717) is 13.0 Å². The van der Waals surface area contributed by atoms with Gasteiger partial charge in [-0.05, 0) is 31.4 Å². The molecule has 2 atom stereocenters. The third-order valence-corrected chi connectivity index (χ3v) is 3.11. The summed E-state index contributed by atoms with van der Waals surface area (Å²) in [4.78, 5) is 11.8. The summed E-state index contributed by atoms with van der Waals surface area (Å²) >= 11 is 0. The van der Waals surface area contributed by atoms with Crippen molar-refractivity contribution in [1.29, 1.82) is 0 Å². The van der Waals surface area contributed by atoms with E-state index in [1.807, 2.05) is 6.92 Å². The smallest absolute Gasteiger partial charge is 0.419 e. The molecule has 0 radical (unpaired) electrons. The van der Waals surface area contributed by atoms with Crippen LogP contribution in [-0.4, -0.2) is 30.3 Å². The Balaban J connectivity index is 2.65. The summed E-state index contributed by atoms with van der Waals surface area (Å²) in [5.41, 5.74) is -0.914. The van der Waals surface area contributed by atoms with Crippen LogP contribution in [0.25, 0.3) is 0 Å². The van der Waals surface area contributed by atoms with Crippen LogP contribution in [0.3, 0.4) is 0 Å². The fraction of sp³-hybridized carbons (Fsp3) is 0.533. The lowest BCUT2D eigenvalue weighted by atomic mass is 10.1. The van der Waals surface area contributed by atoms with Gasteiger partial charge < -0.3 is 15.2 Å². The molecule has 0 aromatic heterocycles. The van der Waals surface area contributed by atoms with Gasteiger partial charge in [0.25, 0.3) is 5.91 Å². The van der Waals surface area contributed by atoms with Crippen LogP contribution < -0.4 is 10.1 Å². The van der Waals surface area contributed by atoms with E-state index >= 15 is 0 Å². The zero-order valence-corrected chi connectivity index (χ0v) is 12.5. The zero-order valence-electron chi connectivity index (χ0n) is 12.5. The second-order valence-electron chi connectivity index (χ2n) is 5.12. The number of benzene rings is 1. The maximum atomic E-state index is 12.8. The molecule has 2 N–H and O–H groups in total. The summed E-state index contributed by atoms with van der Waals surface area (Å²) in [6.45, 7) is 3.58. The van der Waals surface area contributed by atoms with Crippen LogP contribution in [0.2, 0.25) is 0 Å². The van der Waals surface area contributed by atoms with Gasteiger partial charge >= 0.3 is 6.18 Å². The van der Waals surface area contributed by atoms with Gasteiger partial charge in [-0.25, -0.2) is 0 Å². The molecule has 0 spiro atoms. The molecule has 0 aliphatic carbocycles. The van der Waals surface area contributed by atoms with Crippen molar-refractivity contribution in [3.8, 4) is 5.75 Å². The van der Waals surface area contributed by atoms with Crippen LogP contribution in [-0.2, 0) is 11.0 Å². The normalized spacial score (nSPS) is 14.3. The molecule has 1 amide bonds. The number of aliphatic hydroxyl groups is 1. The molecule has 0 saturated heterocycles. The van der Waals surface area contributed by atoms with Crippen molar-refractivity contribution in [2.75, 3.05) is 13.2 Å². The summed E-state index contributed by atoms with van der Waals surface area (Å²) in [7, 11) is 0. The Morgan fingerprint density at radius 1 is 1.32 bits per heavy atom. The number of hydrogen-bond acceptors (Lipinski definition) is 3. The number of rotatable bonds is 7. The maximum absolute atomic E-state index is 12.8. The topological polar surface area (TPSA) is 58.6 Å². The van der Waals surface area contributed by atoms with Crippen molar-refractivity contribution in [3.63, 3.8) is 0 Å². The fourth-order valence-electron chi connectivity index (χ4n) is 1.79. The van der Waals surface area contributed by atoms with Crippen LogP contribution in [0.4, 0.5) is 13.2 Å². The van der Waals surface area contributed by atoms with E-state index in [1.54, 1.807) is 0 Å².